The van der Waals surface area contributed by atoms with Gasteiger partial charge >= 0.3 is 0 Å². The second kappa shape index (κ2) is 4.43. The summed E-state index contributed by atoms with van der Waals surface area (Å²) in [6.07, 6.45) is 2.28. The average Bonchev–Trinajstić information content (AvgIpc) is 2.10. The van der Waals surface area contributed by atoms with E-state index in [0.717, 1.165) is 18.5 Å². The summed E-state index contributed by atoms with van der Waals surface area (Å²) >= 11 is 0. The van der Waals surface area contributed by atoms with E-state index in [2.05, 4.69) is 26.1 Å². The van der Waals surface area contributed by atoms with Gasteiger partial charge in [0.25, 0.3) is 0 Å². The van der Waals surface area contributed by atoms with Crippen LogP contribution in [0.2, 0.25) is 0 Å². The first-order valence-corrected chi connectivity index (χ1v) is 5.38. The normalized spacial score (nSPS) is 11.4. The molecular formula is C12H21N3. The number of nitrogens with two attached hydrogens (primary N) is 2. The van der Waals surface area contributed by atoms with Crippen LogP contribution in [-0.4, -0.2) is 5.54 Å². The third kappa shape index (κ3) is 3.35. The van der Waals surface area contributed by atoms with E-state index in [9.17, 15) is 0 Å². The lowest BCUT2D eigenvalue weighted by atomic mass is 9.98. The van der Waals surface area contributed by atoms with E-state index in [4.69, 9.17) is 11.5 Å². The molecule has 0 aromatic heterocycles. The second-order valence-electron chi connectivity index (χ2n) is 4.60. The van der Waals surface area contributed by atoms with Gasteiger partial charge in [-0.1, -0.05) is 13.3 Å². The minimum atomic E-state index is 0.0945. The van der Waals surface area contributed by atoms with Crippen molar-refractivity contribution >= 4 is 17.1 Å². The molecule has 0 atom stereocenters. The summed E-state index contributed by atoms with van der Waals surface area (Å²) in [5.74, 6) is 0. The lowest BCUT2D eigenvalue weighted by molar-refractivity contribution is 0.511. The van der Waals surface area contributed by atoms with Gasteiger partial charge in [0.15, 0.2) is 0 Å². The minimum absolute atomic E-state index is 0.0945. The Morgan fingerprint density at radius 1 is 1.20 bits per heavy atom. The van der Waals surface area contributed by atoms with Crippen LogP contribution >= 0.6 is 0 Å². The highest BCUT2D eigenvalue weighted by Crippen LogP contribution is 2.24. The molecule has 0 amide bonds. The molecule has 0 radical (unpaired) electrons. The fourth-order valence-corrected chi connectivity index (χ4v) is 1.73. The summed E-state index contributed by atoms with van der Waals surface area (Å²) < 4.78 is 0. The van der Waals surface area contributed by atoms with Gasteiger partial charge in [0.2, 0.25) is 0 Å². The molecule has 1 rings (SSSR count). The van der Waals surface area contributed by atoms with E-state index in [0.29, 0.717) is 11.4 Å². The van der Waals surface area contributed by atoms with Gasteiger partial charge in [0.05, 0.1) is 11.4 Å². The van der Waals surface area contributed by atoms with Crippen molar-refractivity contribution in [3.8, 4) is 0 Å². The first kappa shape index (κ1) is 11.7. The summed E-state index contributed by atoms with van der Waals surface area (Å²) in [4.78, 5) is 0. The third-order valence-electron chi connectivity index (χ3n) is 2.44. The first-order valence-electron chi connectivity index (χ1n) is 5.38. The molecule has 0 fully saturated rings. The van der Waals surface area contributed by atoms with Crippen LogP contribution in [0.15, 0.2) is 18.2 Å². The Labute approximate surface area is 91.9 Å². The lowest BCUT2D eigenvalue weighted by Gasteiger charge is -2.27. The minimum Gasteiger partial charge on any atom is -0.397 e. The molecule has 3 heteroatoms. The molecule has 0 unspecified atom stereocenters. The number of benzene rings is 1. The van der Waals surface area contributed by atoms with Crippen molar-refractivity contribution in [2.24, 2.45) is 0 Å². The lowest BCUT2D eigenvalue weighted by Crippen LogP contribution is -2.30. The standard InChI is InChI=1S/C12H21N3/c1-4-7-12(2,3)15-9-5-6-10(13)11(14)8-9/h5-6,8,15H,4,7,13-14H2,1-3H3. The number of rotatable bonds is 4. The van der Waals surface area contributed by atoms with Gasteiger partial charge in [0.1, 0.15) is 0 Å². The molecule has 0 aliphatic carbocycles. The number of nitrogen functional groups attached to an aromatic ring is 2. The molecule has 0 spiro atoms. The Bertz CT molecular complexity index is 332. The molecule has 0 bridgehead atoms. The maximum Gasteiger partial charge on any atom is 0.0568 e. The van der Waals surface area contributed by atoms with Gasteiger partial charge in [-0.25, -0.2) is 0 Å². The molecule has 0 saturated heterocycles. The molecule has 0 aliphatic rings. The predicted octanol–water partition coefficient (Wildman–Crippen LogP) is 2.84. The van der Waals surface area contributed by atoms with Crippen molar-refractivity contribution in [3.63, 3.8) is 0 Å². The van der Waals surface area contributed by atoms with E-state index in [1.807, 2.05) is 18.2 Å². The summed E-state index contributed by atoms with van der Waals surface area (Å²) in [7, 11) is 0. The van der Waals surface area contributed by atoms with E-state index in [-0.39, 0.29) is 5.54 Å². The average molecular weight is 207 g/mol. The summed E-state index contributed by atoms with van der Waals surface area (Å²) in [6, 6.07) is 5.68. The van der Waals surface area contributed by atoms with Crippen LogP contribution in [0.1, 0.15) is 33.6 Å². The van der Waals surface area contributed by atoms with E-state index < -0.39 is 0 Å². The molecule has 84 valence electrons. The molecule has 15 heavy (non-hydrogen) atoms. The van der Waals surface area contributed by atoms with Gasteiger partial charge in [-0.05, 0) is 38.5 Å². The van der Waals surface area contributed by atoms with E-state index in [1.54, 1.807) is 0 Å². The van der Waals surface area contributed by atoms with Crippen LogP contribution in [0, 0.1) is 0 Å². The summed E-state index contributed by atoms with van der Waals surface area (Å²) in [5.41, 5.74) is 13.8. The Morgan fingerprint density at radius 2 is 1.87 bits per heavy atom. The van der Waals surface area contributed by atoms with Gasteiger partial charge in [-0.15, -0.1) is 0 Å². The maximum absolute atomic E-state index is 5.75. The van der Waals surface area contributed by atoms with Crippen molar-refractivity contribution in [2.75, 3.05) is 16.8 Å². The van der Waals surface area contributed by atoms with Crippen molar-refractivity contribution in [1.29, 1.82) is 0 Å². The molecule has 0 heterocycles. The Hall–Kier alpha value is -1.38. The zero-order valence-corrected chi connectivity index (χ0v) is 9.80. The highest BCUT2D eigenvalue weighted by molar-refractivity contribution is 5.69. The number of hydrogen-bond acceptors (Lipinski definition) is 3. The fourth-order valence-electron chi connectivity index (χ4n) is 1.73. The van der Waals surface area contributed by atoms with Gasteiger partial charge in [-0.2, -0.15) is 0 Å². The maximum atomic E-state index is 5.75. The molecule has 3 nitrogen and oxygen atoms in total. The highest BCUT2D eigenvalue weighted by atomic mass is 15.0. The van der Waals surface area contributed by atoms with Crippen LogP contribution in [0.3, 0.4) is 0 Å². The van der Waals surface area contributed by atoms with E-state index >= 15 is 0 Å². The molecule has 1 aromatic carbocycles. The zero-order chi connectivity index (χ0) is 11.5. The van der Waals surface area contributed by atoms with Gasteiger partial charge in [0, 0.05) is 11.2 Å². The first-order chi connectivity index (χ1) is 6.94. The van der Waals surface area contributed by atoms with Crippen molar-refractivity contribution in [1.82, 2.24) is 0 Å². The molecule has 0 aliphatic heterocycles. The third-order valence-corrected chi connectivity index (χ3v) is 2.44. The molecule has 5 N–H and O–H groups in total. The molecule has 1 aromatic rings. The van der Waals surface area contributed by atoms with Crippen molar-refractivity contribution in [2.45, 2.75) is 39.2 Å². The quantitative estimate of drug-likeness (QED) is 0.665. The predicted molar refractivity (Wildman–Crippen MR) is 67.9 cm³/mol. The van der Waals surface area contributed by atoms with E-state index in [1.165, 1.54) is 0 Å². The van der Waals surface area contributed by atoms with Gasteiger partial charge in [-0.3, -0.25) is 0 Å². The summed E-state index contributed by atoms with van der Waals surface area (Å²) in [6.45, 7) is 6.55. The van der Waals surface area contributed by atoms with Gasteiger partial charge < -0.3 is 16.8 Å². The number of hydrogen-bond donors (Lipinski definition) is 3. The van der Waals surface area contributed by atoms with Crippen LogP contribution in [0.25, 0.3) is 0 Å². The largest absolute Gasteiger partial charge is 0.397 e. The SMILES string of the molecule is CCCC(C)(C)Nc1ccc(N)c(N)c1. The number of nitrogens with one attached hydrogen (secondary N) is 1. The highest BCUT2D eigenvalue weighted by Gasteiger charge is 2.15. The van der Waals surface area contributed by atoms with Crippen LogP contribution in [0.5, 0.6) is 0 Å². The smallest absolute Gasteiger partial charge is 0.0568 e. The van der Waals surface area contributed by atoms with Crippen LogP contribution in [-0.2, 0) is 0 Å². The van der Waals surface area contributed by atoms with Crippen molar-refractivity contribution in [3.05, 3.63) is 18.2 Å². The Morgan fingerprint density at radius 3 is 2.40 bits per heavy atom. The second-order valence-corrected chi connectivity index (χ2v) is 4.60. The Kier molecular flexibility index (Phi) is 3.45. The monoisotopic (exact) mass is 207 g/mol. The summed E-state index contributed by atoms with van der Waals surface area (Å²) in [5, 5.41) is 3.45. The van der Waals surface area contributed by atoms with Crippen molar-refractivity contribution < 1.29 is 0 Å². The van der Waals surface area contributed by atoms with Crippen LogP contribution < -0.4 is 16.8 Å². The molecule has 0 saturated carbocycles. The zero-order valence-electron chi connectivity index (χ0n) is 9.80. The topological polar surface area (TPSA) is 64.1 Å². The Balaban J connectivity index is 2.76. The fraction of sp³-hybridized carbons (Fsp3) is 0.500. The van der Waals surface area contributed by atoms with Crippen LogP contribution in [0.4, 0.5) is 17.1 Å². The number of anilines is 3. The molecular weight excluding hydrogens is 186 g/mol.